The van der Waals surface area contributed by atoms with Gasteiger partial charge < -0.3 is 15.0 Å². The Morgan fingerprint density at radius 2 is 1.90 bits per heavy atom. The molecule has 21 heavy (non-hydrogen) atoms. The van der Waals surface area contributed by atoms with Crippen molar-refractivity contribution in [1.29, 1.82) is 0 Å². The highest BCUT2D eigenvalue weighted by Gasteiger charge is 2.18. The number of nitrogens with one attached hydrogen (secondary N) is 1. The van der Waals surface area contributed by atoms with E-state index in [1.807, 2.05) is 0 Å². The number of piperidine rings is 2. The Balaban J connectivity index is 1.55. The fourth-order valence-corrected chi connectivity index (χ4v) is 3.46. The highest BCUT2D eigenvalue weighted by Crippen LogP contribution is 2.23. The maximum Gasteiger partial charge on any atom is 0.119 e. The van der Waals surface area contributed by atoms with Crippen LogP contribution < -0.4 is 10.1 Å². The van der Waals surface area contributed by atoms with Crippen molar-refractivity contribution in [1.82, 2.24) is 10.2 Å². The first-order valence-corrected chi connectivity index (χ1v) is 8.44. The van der Waals surface area contributed by atoms with E-state index in [0.29, 0.717) is 6.10 Å². The molecule has 2 saturated heterocycles. The minimum Gasteiger partial charge on any atom is -0.490 e. The van der Waals surface area contributed by atoms with Gasteiger partial charge in [0.1, 0.15) is 11.9 Å². The standard InChI is InChI=1S/C18H28N2O/c1-20-11-7-17(8-12-20)21-18-4-2-3-16(14-18)13-15-5-9-19-10-6-15/h2-4,14-15,17,19H,5-13H2,1H3. The average Bonchev–Trinajstić information content (AvgIpc) is 2.51. The van der Waals surface area contributed by atoms with Gasteiger partial charge in [-0.1, -0.05) is 12.1 Å². The summed E-state index contributed by atoms with van der Waals surface area (Å²) in [6.07, 6.45) is 6.51. The summed E-state index contributed by atoms with van der Waals surface area (Å²) < 4.78 is 6.19. The van der Waals surface area contributed by atoms with Gasteiger partial charge in [0, 0.05) is 13.1 Å². The molecule has 0 bridgehead atoms. The van der Waals surface area contributed by atoms with Crippen LogP contribution in [0, 0.1) is 5.92 Å². The molecule has 1 N–H and O–H groups in total. The molecule has 0 unspecified atom stereocenters. The number of hydrogen-bond donors (Lipinski definition) is 1. The van der Waals surface area contributed by atoms with Crippen molar-refractivity contribution in [3.8, 4) is 5.75 Å². The Kier molecular flexibility index (Phi) is 5.15. The van der Waals surface area contributed by atoms with Crippen LogP contribution in [-0.4, -0.2) is 44.2 Å². The Morgan fingerprint density at radius 1 is 1.14 bits per heavy atom. The summed E-state index contributed by atoms with van der Waals surface area (Å²) in [7, 11) is 2.19. The molecule has 116 valence electrons. The maximum atomic E-state index is 6.19. The minimum absolute atomic E-state index is 0.398. The van der Waals surface area contributed by atoms with Crippen molar-refractivity contribution in [2.24, 2.45) is 5.92 Å². The molecular formula is C18H28N2O. The van der Waals surface area contributed by atoms with Gasteiger partial charge in [-0.05, 0) is 75.9 Å². The SMILES string of the molecule is CN1CCC(Oc2cccc(CC3CCNCC3)c2)CC1. The molecule has 3 heteroatoms. The molecule has 3 rings (SSSR count). The summed E-state index contributed by atoms with van der Waals surface area (Å²) >= 11 is 0. The summed E-state index contributed by atoms with van der Waals surface area (Å²) in [4.78, 5) is 2.38. The van der Waals surface area contributed by atoms with Crippen molar-refractivity contribution in [2.45, 2.75) is 38.2 Å². The number of ether oxygens (including phenoxy) is 1. The Morgan fingerprint density at radius 3 is 2.67 bits per heavy atom. The third-order valence-corrected chi connectivity index (χ3v) is 4.85. The normalized spacial score (nSPS) is 22.3. The molecule has 0 saturated carbocycles. The van der Waals surface area contributed by atoms with Crippen LogP contribution in [0.3, 0.4) is 0 Å². The largest absolute Gasteiger partial charge is 0.490 e. The summed E-state index contributed by atoms with van der Waals surface area (Å²) in [6.45, 7) is 4.66. The number of nitrogens with zero attached hydrogens (tertiary/aromatic N) is 1. The van der Waals surface area contributed by atoms with Gasteiger partial charge in [-0.3, -0.25) is 0 Å². The molecule has 2 aliphatic heterocycles. The fourth-order valence-electron chi connectivity index (χ4n) is 3.46. The minimum atomic E-state index is 0.398. The lowest BCUT2D eigenvalue weighted by Gasteiger charge is -2.29. The second-order valence-corrected chi connectivity index (χ2v) is 6.67. The zero-order valence-corrected chi connectivity index (χ0v) is 13.2. The third kappa shape index (κ3) is 4.45. The summed E-state index contributed by atoms with van der Waals surface area (Å²) in [6, 6.07) is 8.79. The van der Waals surface area contributed by atoms with Crippen LogP contribution >= 0.6 is 0 Å². The molecule has 3 nitrogen and oxygen atoms in total. The predicted molar refractivity (Wildman–Crippen MR) is 86.9 cm³/mol. The van der Waals surface area contributed by atoms with E-state index in [9.17, 15) is 0 Å². The number of likely N-dealkylation sites (tertiary alicyclic amines) is 1. The molecule has 2 fully saturated rings. The van der Waals surface area contributed by atoms with Crippen LogP contribution in [0.4, 0.5) is 0 Å². The summed E-state index contributed by atoms with van der Waals surface area (Å²) in [5, 5.41) is 3.44. The van der Waals surface area contributed by atoms with Gasteiger partial charge in [-0.25, -0.2) is 0 Å². The first-order chi connectivity index (χ1) is 10.3. The van der Waals surface area contributed by atoms with Crippen molar-refractivity contribution in [2.75, 3.05) is 33.2 Å². The van der Waals surface area contributed by atoms with Crippen molar-refractivity contribution in [3.05, 3.63) is 29.8 Å². The van der Waals surface area contributed by atoms with E-state index in [1.54, 1.807) is 0 Å². The molecule has 2 heterocycles. The second kappa shape index (κ2) is 7.28. The van der Waals surface area contributed by atoms with E-state index >= 15 is 0 Å². The highest BCUT2D eigenvalue weighted by atomic mass is 16.5. The van der Waals surface area contributed by atoms with Crippen LogP contribution in [0.2, 0.25) is 0 Å². The first kappa shape index (κ1) is 14.9. The molecule has 2 aliphatic rings. The zero-order chi connectivity index (χ0) is 14.5. The van der Waals surface area contributed by atoms with Crippen LogP contribution in [0.15, 0.2) is 24.3 Å². The van der Waals surface area contributed by atoms with E-state index in [2.05, 4.69) is 41.5 Å². The van der Waals surface area contributed by atoms with Crippen LogP contribution in [0.1, 0.15) is 31.2 Å². The predicted octanol–water partition coefficient (Wildman–Crippen LogP) is 2.70. The lowest BCUT2D eigenvalue weighted by Crippen LogP contribution is -2.35. The summed E-state index contributed by atoms with van der Waals surface area (Å²) in [5.41, 5.74) is 1.44. The quantitative estimate of drug-likeness (QED) is 0.922. The number of hydrogen-bond acceptors (Lipinski definition) is 3. The molecule has 0 amide bonds. The van der Waals surface area contributed by atoms with E-state index in [0.717, 1.165) is 37.6 Å². The van der Waals surface area contributed by atoms with Gasteiger partial charge >= 0.3 is 0 Å². The van der Waals surface area contributed by atoms with Gasteiger partial charge in [-0.15, -0.1) is 0 Å². The van der Waals surface area contributed by atoms with Crippen LogP contribution in [0.5, 0.6) is 5.75 Å². The fraction of sp³-hybridized carbons (Fsp3) is 0.667. The first-order valence-electron chi connectivity index (χ1n) is 8.44. The van der Waals surface area contributed by atoms with Crippen LogP contribution in [0.25, 0.3) is 0 Å². The van der Waals surface area contributed by atoms with Gasteiger partial charge in [0.05, 0.1) is 0 Å². The topological polar surface area (TPSA) is 24.5 Å². The third-order valence-electron chi connectivity index (χ3n) is 4.85. The van der Waals surface area contributed by atoms with E-state index in [4.69, 9.17) is 4.74 Å². The second-order valence-electron chi connectivity index (χ2n) is 6.67. The maximum absolute atomic E-state index is 6.19. The van der Waals surface area contributed by atoms with Crippen molar-refractivity contribution >= 4 is 0 Å². The zero-order valence-electron chi connectivity index (χ0n) is 13.2. The molecule has 0 radical (unpaired) electrons. The molecule has 1 aromatic rings. The lowest BCUT2D eigenvalue weighted by molar-refractivity contribution is 0.114. The molecule has 0 aromatic heterocycles. The Hall–Kier alpha value is -1.06. The monoisotopic (exact) mass is 288 g/mol. The van der Waals surface area contributed by atoms with Gasteiger partial charge in [-0.2, -0.15) is 0 Å². The van der Waals surface area contributed by atoms with Gasteiger partial charge in [0.15, 0.2) is 0 Å². The van der Waals surface area contributed by atoms with Crippen molar-refractivity contribution in [3.63, 3.8) is 0 Å². The van der Waals surface area contributed by atoms with Crippen LogP contribution in [-0.2, 0) is 6.42 Å². The van der Waals surface area contributed by atoms with E-state index < -0.39 is 0 Å². The number of benzene rings is 1. The Labute approximate surface area is 128 Å². The van der Waals surface area contributed by atoms with E-state index in [1.165, 1.54) is 37.9 Å². The molecule has 0 aliphatic carbocycles. The number of rotatable bonds is 4. The summed E-state index contributed by atoms with van der Waals surface area (Å²) in [5.74, 6) is 1.90. The molecular weight excluding hydrogens is 260 g/mol. The molecule has 0 atom stereocenters. The highest BCUT2D eigenvalue weighted by molar-refractivity contribution is 5.29. The molecule has 1 aromatic carbocycles. The lowest BCUT2D eigenvalue weighted by atomic mass is 9.91. The van der Waals surface area contributed by atoms with Gasteiger partial charge in [0.25, 0.3) is 0 Å². The Bertz CT molecular complexity index is 435. The average molecular weight is 288 g/mol. The van der Waals surface area contributed by atoms with Gasteiger partial charge in [0.2, 0.25) is 0 Å². The molecule has 0 spiro atoms. The van der Waals surface area contributed by atoms with Crippen molar-refractivity contribution < 1.29 is 4.74 Å². The van der Waals surface area contributed by atoms with E-state index in [-0.39, 0.29) is 0 Å². The smallest absolute Gasteiger partial charge is 0.119 e.